The molecule has 1 saturated carbocycles. The van der Waals surface area contributed by atoms with Gasteiger partial charge in [0.1, 0.15) is 52.9 Å². The number of aliphatic hydroxyl groups excluding tert-OH is 1. The number of fused-ring (bicyclic) bond motifs is 1. The Hall–Kier alpha value is -4.35. The Morgan fingerprint density at radius 2 is 1.63 bits per heavy atom. The molecule has 14 nitrogen and oxygen atoms in total. The molecule has 3 aromatic carbocycles. The number of hydrogen-bond acceptors (Lipinski definition) is 14. The van der Waals surface area contributed by atoms with Crippen LogP contribution in [0.1, 0.15) is 61.9 Å². The third-order valence-corrected chi connectivity index (χ3v) is 16.6. The maximum absolute atomic E-state index is 11.3. The molecule has 4 heterocycles. The largest absolute Gasteiger partial charge is 0.497 e. The van der Waals surface area contributed by atoms with Crippen molar-refractivity contribution in [1.29, 1.82) is 0 Å². The maximum atomic E-state index is 11.3. The summed E-state index contributed by atoms with van der Waals surface area (Å²) in [5.74, 6) is 3.15. The van der Waals surface area contributed by atoms with E-state index in [1.165, 1.54) is 17.7 Å². The van der Waals surface area contributed by atoms with E-state index in [2.05, 4.69) is 28.6 Å². The summed E-state index contributed by atoms with van der Waals surface area (Å²) in [4.78, 5) is 21.1. The number of aliphatic imine (C=N–C) groups is 1. The van der Waals surface area contributed by atoms with Crippen LogP contribution in [0.25, 0.3) is 11.2 Å². The van der Waals surface area contributed by atoms with E-state index in [9.17, 15) is 5.11 Å². The second kappa shape index (κ2) is 21.5. The number of methoxy groups -OCH3 is 3. The quantitative estimate of drug-likeness (QED) is 0.0366. The van der Waals surface area contributed by atoms with Gasteiger partial charge in [-0.3, -0.25) is 4.57 Å². The first-order valence-electron chi connectivity index (χ1n) is 22.0. The number of allylic oxidation sites excluding steroid dienone is 1. The van der Waals surface area contributed by atoms with E-state index in [4.69, 9.17) is 59.7 Å². The predicted molar refractivity (Wildman–Crippen MR) is 257 cm³/mol. The lowest BCUT2D eigenvalue weighted by molar-refractivity contribution is -0.0963. The van der Waals surface area contributed by atoms with E-state index < -0.39 is 42.4 Å². The van der Waals surface area contributed by atoms with E-state index in [1.54, 1.807) is 27.7 Å². The molecule has 0 spiro atoms. The van der Waals surface area contributed by atoms with Crippen LogP contribution in [-0.2, 0) is 40.9 Å². The molecule has 8 atom stereocenters. The number of nitrogens with zero attached hydrogens (tertiary/aromatic N) is 6. The molecule has 344 valence electrons. The van der Waals surface area contributed by atoms with Crippen molar-refractivity contribution >= 4 is 52.1 Å². The summed E-state index contributed by atoms with van der Waals surface area (Å²) in [5.41, 5.74) is 3.66. The van der Waals surface area contributed by atoms with Gasteiger partial charge in [0.25, 0.3) is 0 Å². The van der Waals surface area contributed by atoms with Crippen LogP contribution in [0.3, 0.4) is 0 Å². The van der Waals surface area contributed by atoms with Crippen molar-refractivity contribution in [3.63, 3.8) is 0 Å². The molecule has 2 aliphatic heterocycles. The third-order valence-electron chi connectivity index (χ3n) is 12.6. The SMILES string of the molecule is C=C(C)[C@@H]1CCC(S[P+](=S)O[C@H]2[C@@H](OCCOC)[C@H](n3cnc4c(/N=C5\CCCN5C)ncnc43)O[C@@H]2COC(c2ccccc2)(c2ccc(OC)cc2)c2ccc(OC)cc2)[C@@H](O)C1. The van der Waals surface area contributed by atoms with Gasteiger partial charge in [-0.05, 0) is 79.5 Å². The van der Waals surface area contributed by atoms with Gasteiger partial charge in [-0.1, -0.05) is 66.7 Å². The molecule has 3 fully saturated rings. The fourth-order valence-corrected chi connectivity index (χ4v) is 13.4. The Bertz CT molecular complexity index is 2380. The van der Waals surface area contributed by atoms with Crippen LogP contribution in [0.4, 0.5) is 5.82 Å². The number of hydrogen-bond donors (Lipinski definition) is 1. The predicted octanol–water partition coefficient (Wildman–Crippen LogP) is 8.53. The Morgan fingerprint density at radius 3 is 2.25 bits per heavy atom. The zero-order valence-electron chi connectivity index (χ0n) is 37.5. The minimum Gasteiger partial charge on any atom is -0.497 e. The lowest BCUT2D eigenvalue weighted by Gasteiger charge is -2.37. The van der Waals surface area contributed by atoms with E-state index in [-0.39, 0.29) is 24.4 Å². The second-order valence-corrected chi connectivity index (χ2v) is 21.4. The topological polar surface area (TPSA) is 144 Å². The first-order chi connectivity index (χ1) is 31.6. The molecule has 17 heteroatoms. The first kappa shape index (κ1) is 47.2. The van der Waals surface area contributed by atoms with Gasteiger partial charge in [-0.2, -0.15) is 0 Å². The zero-order chi connectivity index (χ0) is 45.5. The highest BCUT2D eigenvalue weighted by Gasteiger charge is 2.53. The van der Waals surface area contributed by atoms with E-state index in [0.717, 1.165) is 60.3 Å². The Morgan fingerprint density at radius 1 is 0.938 bits per heavy atom. The molecule has 0 bridgehead atoms. The molecule has 2 saturated heterocycles. The summed E-state index contributed by atoms with van der Waals surface area (Å²) in [6.45, 7) is 7.75. The molecule has 1 N–H and O–H groups in total. The molecule has 2 aromatic heterocycles. The van der Waals surface area contributed by atoms with Gasteiger partial charge in [0.05, 0.1) is 51.7 Å². The monoisotopic (exact) mass is 941 g/mol. The summed E-state index contributed by atoms with van der Waals surface area (Å²) in [7, 11) is 6.97. The molecule has 0 radical (unpaired) electrons. The number of rotatable bonds is 19. The Kier molecular flexibility index (Phi) is 15.6. The van der Waals surface area contributed by atoms with Crippen LogP contribution in [0.2, 0.25) is 0 Å². The highest BCUT2D eigenvalue weighted by molar-refractivity contribution is 8.63. The minimum atomic E-state index is -1.58. The summed E-state index contributed by atoms with van der Waals surface area (Å²) >= 11 is 7.71. The number of amidine groups is 1. The van der Waals surface area contributed by atoms with Gasteiger partial charge >= 0.3 is 6.13 Å². The normalized spacial score (nSPS) is 24.5. The fraction of sp³-hybridized carbons (Fsp3) is 0.458. The fourth-order valence-electron chi connectivity index (χ4n) is 9.01. The zero-order valence-corrected chi connectivity index (χ0v) is 40.1. The lowest BCUT2D eigenvalue weighted by Crippen LogP contribution is -2.41. The molecule has 5 aromatic rings. The standard InChI is InChI=1S/C48H58N6O8PS2/c1-31(2)32-14-23-40(38(55)27-32)65-63(64)62-43-39(28-60-48(33-11-8-7-9-12-33,34-15-19-36(57-5)20-16-34)35-17-21-37(58-6)22-18-35)61-47(44(43)59-26-25-56-4)54-30-51-42-45(49-29-50-46(42)54)52-41-13-10-24-53(41)3/h7-9,11-12,15-22,29-30,32,38-40,43-44,47,55H,1,10,13-14,23-28H2,2-6H3/q+1/b52-41+/t32-,38+,39-,40?,43-,44-,47-/m1/s1. The highest BCUT2D eigenvalue weighted by atomic mass is 32.9. The minimum absolute atomic E-state index is 0.0423. The van der Waals surface area contributed by atoms with Gasteiger partial charge in [0.15, 0.2) is 29.3 Å². The van der Waals surface area contributed by atoms with Crippen molar-refractivity contribution in [1.82, 2.24) is 24.4 Å². The van der Waals surface area contributed by atoms with Gasteiger partial charge in [-0.15, -0.1) is 4.52 Å². The summed E-state index contributed by atoms with van der Waals surface area (Å²) in [6.07, 6.45) is 2.40. The molecule has 3 aliphatic rings. The summed E-state index contributed by atoms with van der Waals surface area (Å²) in [6, 6.07) is 25.9. The number of ether oxygens (including phenoxy) is 6. The molecule has 1 aliphatic carbocycles. The Labute approximate surface area is 391 Å². The van der Waals surface area contributed by atoms with Crippen LogP contribution in [-0.4, -0.2) is 120 Å². The molecule has 65 heavy (non-hydrogen) atoms. The molecule has 8 rings (SSSR count). The average molecular weight is 942 g/mol. The number of imidazole rings is 1. The van der Waals surface area contributed by atoms with Gasteiger partial charge in [-0.25, -0.2) is 19.9 Å². The Balaban J connectivity index is 1.20. The van der Waals surface area contributed by atoms with Gasteiger partial charge < -0.3 is 38.4 Å². The van der Waals surface area contributed by atoms with Gasteiger partial charge in [0, 0.05) is 27.1 Å². The number of aliphatic hydroxyl groups is 1. The van der Waals surface area contributed by atoms with Crippen LogP contribution < -0.4 is 9.47 Å². The molecular formula is C48H58N6O8PS2+. The van der Waals surface area contributed by atoms with E-state index in [0.29, 0.717) is 41.5 Å². The van der Waals surface area contributed by atoms with Crippen molar-refractivity contribution in [2.45, 2.75) is 80.5 Å². The highest BCUT2D eigenvalue weighted by Crippen LogP contribution is 2.52. The molecule has 0 amide bonds. The average Bonchev–Trinajstić information content (AvgIpc) is 4.04. The number of benzene rings is 3. The maximum Gasteiger partial charge on any atom is 0.415 e. The van der Waals surface area contributed by atoms with Crippen LogP contribution >= 0.6 is 17.5 Å². The molecule has 2 unspecified atom stereocenters. The summed E-state index contributed by atoms with van der Waals surface area (Å²) < 4.78 is 46.9. The lowest BCUT2D eigenvalue weighted by atomic mass is 9.80. The molecular weight excluding hydrogens is 884 g/mol. The van der Waals surface area contributed by atoms with Crippen LogP contribution in [0.5, 0.6) is 11.5 Å². The first-order valence-corrected chi connectivity index (χ1v) is 25.7. The second-order valence-electron chi connectivity index (χ2n) is 16.6. The van der Waals surface area contributed by atoms with Crippen LogP contribution in [0.15, 0.2) is 109 Å². The third kappa shape index (κ3) is 10.3. The van der Waals surface area contributed by atoms with Crippen molar-refractivity contribution in [2.75, 3.05) is 54.7 Å². The van der Waals surface area contributed by atoms with Crippen molar-refractivity contribution < 1.29 is 38.1 Å². The van der Waals surface area contributed by atoms with Crippen LogP contribution in [0, 0.1) is 5.92 Å². The number of aromatic nitrogens is 4. The smallest absolute Gasteiger partial charge is 0.415 e. The van der Waals surface area contributed by atoms with E-state index >= 15 is 0 Å². The van der Waals surface area contributed by atoms with Crippen molar-refractivity contribution in [3.8, 4) is 11.5 Å². The number of likely N-dealkylation sites (tertiary alicyclic amines) is 1. The van der Waals surface area contributed by atoms with E-state index in [1.807, 2.05) is 85.3 Å². The summed E-state index contributed by atoms with van der Waals surface area (Å²) in [5, 5.41) is 11.2. The van der Waals surface area contributed by atoms with Crippen molar-refractivity contribution in [2.24, 2.45) is 10.9 Å². The van der Waals surface area contributed by atoms with Crippen molar-refractivity contribution in [3.05, 3.63) is 120 Å². The van der Waals surface area contributed by atoms with Gasteiger partial charge in [0.2, 0.25) is 11.8 Å².